The first-order valence-corrected chi connectivity index (χ1v) is 9.58. The van der Waals surface area contributed by atoms with Crippen molar-refractivity contribution < 1.29 is 4.79 Å². The molecule has 2 aromatic carbocycles. The van der Waals surface area contributed by atoms with E-state index in [1.54, 1.807) is 16.8 Å². The third kappa shape index (κ3) is 3.87. The van der Waals surface area contributed by atoms with E-state index in [-0.39, 0.29) is 11.9 Å². The Bertz CT molecular complexity index is 1110. The normalized spacial score (nSPS) is 12.4. The highest BCUT2D eigenvalue weighted by Gasteiger charge is 2.22. The number of nitrogens with one attached hydrogen (secondary N) is 1. The van der Waals surface area contributed by atoms with Gasteiger partial charge in [-0.2, -0.15) is 0 Å². The third-order valence-electron chi connectivity index (χ3n) is 4.89. The summed E-state index contributed by atoms with van der Waals surface area (Å²) in [6.07, 6.45) is 2.31. The molecule has 1 N–H and O–H groups in total. The monoisotopic (exact) mass is 389 g/mol. The zero-order valence-electron chi connectivity index (χ0n) is 16.6. The van der Waals surface area contributed by atoms with Gasteiger partial charge in [-0.3, -0.25) is 4.79 Å². The number of amides is 1. The van der Waals surface area contributed by atoms with Gasteiger partial charge in [0.15, 0.2) is 0 Å². The van der Waals surface area contributed by atoms with Gasteiger partial charge in [0.05, 0.1) is 22.8 Å². The molecule has 0 aliphatic carbocycles. The first-order valence-electron chi connectivity index (χ1n) is 9.58. The fourth-order valence-electron chi connectivity index (χ4n) is 3.46. The number of aromatic nitrogens is 6. The molecule has 2 heterocycles. The van der Waals surface area contributed by atoms with Gasteiger partial charge in [-0.25, -0.2) is 9.67 Å². The number of rotatable bonds is 6. The summed E-state index contributed by atoms with van der Waals surface area (Å²) in [5.74, 6) is 1.13. The van der Waals surface area contributed by atoms with E-state index in [0.29, 0.717) is 11.5 Å². The maximum atomic E-state index is 12.9. The second-order valence-corrected chi connectivity index (χ2v) is 7.47. The predicted octanol–water partition coefficient (Wildman–Crippen LogP) is 3.07. The minimum Gasteiger partial charge on any atom is -0.342 e. The molecule has 148 valence electrons. The number of nitrogens with zero attached hydrogens (tertiary/aromatic N) is 6. The molecule has 0 saturated carbocycles. The van der Waals surface area contributed by atoms with E-state index in [4.69, 9.17) is 4.98 Å². The zero-order chi connectivity index (χ0) is 20.4. The van der Waals surface area contributed by atoms with E-state index in [2.05, 4.69) is 39.3 Å². The average Bonchev–Trinajstić information content (AvgIpc) is 3.36. The highest BCUT2D eigenvalue weighted by Crippen LogP contribution is 2.25. The van der Waals surface area contributed by atoms with Crippen LogP contribution in [0.5, 0.6) is 0 Å². The fraction of sp³-hybridized carbons (Fsp3) is 0.286. The highest BCUT2D eigenvalue weighted by molar-refractivity contribution is 5.94. The summed E-state index contributed by atoms with van der Waals surface area (Å²) in [5.41, 5.74) is 3.35. The third-order valence-corrected chi connectivity index (χ3v) is 4.89. The van der Waals surface area contributed by atoms with Crippen LogP contribution in [-0.2, 0) is 7.05 Å². The number of benzene rings is 2. The van der Waals surface area contributed by atoms with Crippen molar-refractivity contribution in [3.8, 4) is 5.69 Å². The van der Waals surface area contributed by atoms with Crippen LogP contribution in [0.3, 0.4) is 0 Å². The summed E-state index contributed by atoms with van der Waals surface area (Å²) in [5, 5.41) is 14.3. The number of tetrazole rings is 1. The molecular weight excluding hydrogens is 366 g/mol. The van der Waals surface area contributed by atoms with Gasteiger partial charge in [0, 0.05) is 12.6 Å². The van der Waals surface area contributed by atoms with Crippen LogP contribution in [0.25, 0.3) is 16.7 Å². The molecule has 4 rings (SSSR count). The SMILES string of the molecule is CC(C)C[C@H](NC(=O)c1ccc(-n2cnnn2)cc1)c1nc2ccccc2n1C. The number of fused-ring (bicyclic) bond motifs is 1. The van der Waals surface area contributed by atoms with Gasteiger partial charge in [-0.1, -0.05) is 26.0 Å². The van der Waals surface area contributed by atoms with Crippen LogP contribution in [0.1, 0.15) is 42.5 Å². The minimum absolute atomic E-state index is 0.133. The molecule has 29 heavy (non-hydrogen) atoms. The number of para-hydroxylation sites is 2. The quantitative estimate of drug-likeness (QED) is 0.547. The molecule has 0 bridgehead atoms. The topological polar surface area (TPSA) is 90.5 Å². The molecule has 0 saturated heterocycles. The molecule has 0 unspecified atom stereocenters. The molecule has 2 aromatic heterocycles. The second-order valence-electron chi connectivity index (χ2n) is 7.47. The van der Waals surface area contributed by atoms with E-state index in [1.165, 1.54) is 6.33 Å². The van der Waals surface area contributed by atoms with Crippen LogP contribution < -0.4 is 5.32 Å². The van der Waals surface area contributed by atoms with Gasteiger partial charge in [-0.05, 0) is 59.2 Å². The summed E-state index contributed by atoms with van der Waals surface area (Å²) >= 11 is 0. The smallest absolute Gasteiger partial charge is 0.251 e. The van der Waals surface area contributed by atoms with Crippen LogP contribution in [0.15, 0.2) is 54.9 Å². The standard InChI is InChI=1S/C21H23N7O/c1-14(2)12-18(20-23-17-6-4-5-7-19(17)27(20)3)24-21(29)15-8-10-16(11-9-15)28-13-22-25-26-28/h4-11,13-14,18H,12H2,1-3H3,(H,24,29)/t18-/m0/s1. The molecule has 8 heteroatoms. The molecule has 0 radical (unpaired) electrons. The lowest BCUT2D eigenvalue weighted by Crippen LogP contribution is -2.31. The van der Waals surface area contributed by atoms with E-state index in [1.807, 2.05) is 43.4 Å². The van der Waals surface area contributed by atoms with Gasteiger partial charge in [0.2, 0.25) is 0 Å². The summed E-state index contributed by atoms with van der Waals surface area (Å²) in [6, 6.07) is 15.0. The highest BCUT2D eigenvalue weighted by atomic mass is 16.1. The minimum atomic E-state index is -0.181. The van der Waals surface area contributed by atoms with Gasteiger partial charge in [0.25, 0.3) is 5.91 Å². The van der Waals surface area contributed by atoms with Crippen molar-refractivity contribution in [2.75, 3.05) is 0 Å². The van der Waals surface area contributed by atoms with Gasteiger partial charge in [-0.15, -0.1) is 5.10 Å². The van der Waals surface area contributed by atoms with Crippen molar-refractivity contribution in [3.05, 3.63) is 66.2 Å². The Balaban J connectivity index is 1.59. The second kappa shape index (κ2) is 7.83. The average molecular weight is 389 g/mol. The van der Waals surface area contributed by atoms with Crippen molar-refractivity contribution in [2.24, 2.45) is 13.0 Å². The molecule has 0 aliphatic rings. The maximum Gasteiger partial charge on any atom is 0.251 e. The van der Waals surface area contributed by atoms with Crippen molar-refractivity contribution in [2.45, 2.75) is 26.3 Å². The number of aryl methyl sites for hydroxylation is 1. The van der Waals surface area contributed by atoms with E-state index >= 15 is 0 Å². The van der Waals surface area contributed by atoms with Gasteiger partial charge < -0.3 is 9.88 Å². The van der Waals surface area contributed by atoms with Crippen LogP contribution in [0.2, 0.25) is 0 Å². The molecule has 0 aliphatic heterocycles. The molecule has 0 spiro atoms. The molecular formula is C21H23N7O. The molecule has 1 amide bonds. The predicted molar refractivity (Wildman–Crippen MR) is 110 cm³/mol. The summed E-state index contributed by atoms with van der Waals surface area (Å²) in [4.78, 5) is 17.7. The lowest BCUT2D eigenvalue weighted by molar-refractivity contribution is 0.0929. The lowest BCUT2D eigenvalue weighted by atomic mass is 10.0. The largest absolute Gasteiger partial charge is 0.342 e. The van der Waals surface area contributed by atoms with Crippen molar-refractivity contribution in [1.29, 1.82) is 0 Å². The Hall–Kier alpha value is -3.55. The van der Waals surface area contributed by atoms with Crippen LogP contribution in [0, 0.1) is 5.92 Å². The Labute approximate surface area is 168 Å². The van der Waals surface area contributed by atoms with Crippen molar-refractivity contribution in [1.82, 2.24) is 35.1 Å². The first-order chi connectivity index (χ1) is 14.0. The Morgan fingerprint density at radius 1 is 1.10 bits per heavy atom. The number of hydrogen-bond donors (Lipinski definition) is 1. The molecule has 1 atom stereocenters. The Morgan fingerprint density at radius 2 is 1.86 bits per heavy atom. The summed E-state index contributed by atoms with van der Waals surface area (Å²) in [7, 11) is 1.99. The van der Waals surface area contributed by atoms with Gasteiger partial charge >= 0.3 is 0 Å². The molecule has 8 nitrogen and oxygen atoms in total. The fourth-order valence-corrected chi connectivity index (χ4v) is 3.46. The Kier molecular flexibility index (Phi) is 5.07. The van der Waals surface area contributed by atoms with E-state index < -0.39 is 0 Å². The van der Waals surface area contributed by atoms with E-state index in [9.17, 15) is 4.79 Å². The lowest BCUT2D eigenvalue weighted by Gasteiger charge is -2.20. The number of carbonyl (C=O) groups excluding carboxylic acids is 1. The van der Waals surface area contributed by atoms with Crippen LogP contribution >= 0.6 is 0 Å². The first kappa shape index (κ1) is 18.8. The zero-order valence-corrected chi connectivity index (χ0v) is 16.6. The van der Waals surface area contributed by atoms with Crippen molar-refractivity contribution in [3.63, 3.8) is 0 Å². The van der Waals surface area contributed by atoms with Crippen LogP contribution in [-0.4, -0.2) is 35.7 Å². The van der Waals surface area contributed by atoms with Crippen molar-refractivity contribution >= 4 is 16.9 Å². The number of imidazole rings is 1. The van der Waals surface area contributed by atoms with E-state index in [0.717, 1.165) is 29.0 Å². The summed E-state index contributed by atoms with van der Waals surface area (Å²) in [6.45, 7) is 4.28. The number of carbonyl (C=O) groups is 1. The summed E-state index contributed by atoms with van der Waals surface area (Å²) < 4.78 is 3.60. The van der Waals surface area contributed by atoms with Crippen LogP contribution in [0.4, 0.5) is 0 Å². The van der Waals surface area contributed by atoms with Gasteiger partial charge in [0.1, 0.15) is 12.2 Å². The number of hydrogen-bond acceptors (Lipinski definition) is 5. The molecule has 0 fully saturated rings. The molecule has 4 aromatic rings. The maximum absolute atomic E-state index is 12.9. The Morgan fingerprint density at radius 3 is 2.52 bits per heavy atom.